The summed E-state index contributed by atoms with van der Waals surface area (Å²) in [6.07, 6.45) is 0. The van der Waals surface area contributed by atoms with E-state index >= 15 is 0 Å². The van der Waals surface area contributed by atoms with Crippen LogP contribution in [0.3, 0.4) is 0 Å². The summed E-state index contributed by atoms with van der Waals surface area (Å²) < 4.78 is 28.3. The molecule has 2 aromatic carbocycles. The lowest BCUT2D eigenvalue weighted by molar-refractivity contribution is 0.554. The second-order valence-corrected chi connectivity index (χ2v) is 8.32. The average Bonchev–Trinajstić information content (AvgIpc) is 3.21. The third-order valence-corrected chi connectivity index (χ3v) is 6.19. The fourth-order valence-corrected chi connectivity index (χ4v) is 4.16. The van der Waals surface area contributed by atoms with Gasteiger partial charge in [0.25, 0.3) is 0 Å². The molecule has 1 saturated heterocycles. The predicted octanol–water partition coefficient (Wildman–Crippen LogP) is 3.96. The molecular formula is C14H11Br2NO2S. The van der Waals surface area contributed by atoms with E-state index in [-0.39, 0.29) is 6.04 Å². The molecule has 0 amide bonds. The Bertz CT molecular complexity index is 727. The highest BCUT2D eigenvalue weighted by atomic mass is 79.9. The molecule has 0 radical (unpaired) electrons. The van der Waals surface area contributed by atoms with E-state index in [9.17, 15) is 8.42 Å². The molecule has 0 N–H and O–H groups in total. The molecule has 1 aliphatic heterocycles. The van der Waals surface area contributed by atoms with Crippen LogP contribution >= 0.6 is 31.9 Å². The fourth-order valence-electron chi connectivity index (χ4n) is 2.09. The van der Waals surface area contributed by atoms with Gasteiger partial charge in [0.1, 0.15) is 0 Å². The van der Waals surface area contributed by atoms with Crippen molar-refractivity contribution in [2.45, 2.75) is 10.9 Å². The maximum atomic E-state index is 12.5. The van der Waals surface area contributed by atoms with Crippen LogP contribution in [-0.4, -0.2) is 19.3 Å². The maximum Gasteiger partial charge on any atom is 0.243 e. The minimum atomic E-state index is -3.39. The maximum absolute atomic E-state index is 12.5. The Morgan fingerprint density at radius 3 is 1.95 bits per heavy atom. The van der Waals surface area contributed by atoms with Crippen molar-refractivity contribution in [1.29, 1.82) is 0 Å². The first-order valence-electron chi connectivity index (χ1n) is 6.01. The van der Waals surface area contributed by atoms with Crippen molar-refractivity contribution < 1.29 is 8.42 Å². The van der Waals surface area contributed by atoms with Gasteiger partial charge in [-0.2, -0.15) is 4.31 Å². The highest BCUT2D eigenvalue weighted by molar-refractivity contribution is 9.10. The normalized spacial score (nSPS) is 21.7. The number of hydrogen-bond acceptors (Lipinski definition) is 2. The van der Waals surface area contributed by atoms with Gasteiger partial charge in [0.05, 0.1) is 10.9 Å². The Kier molecular flexibility index (Phi) is 3.75. The Balaban J connectivity index is 1.84. The lowest BCUT2D eigenvalue weighted by Crippen LogP contribution is -2.12. The van der Waals surface area contributed by atoms with Crippen molar-refractivity contribution in [3.8, 4) is 0 Å². The van der Waals surface area contributed by atoms with Gasteiger partial charge in [0, 0.05) is 15.5 Å². The zero-order chi connectivity index (χ0) is 14.3. The standard InChI is InChI=1S/C14H11Br2NO2S/c15-11-3-1-10(2-4-11)14-9-17(14)20(18,19)13-7-5-12(16)6-8-13/h1-8,14H,9H2/t14-,17?/m1/s1. The van der Waals surface area contributed by atoms with Crippen molar-refractivity contribution in [3.63, 3.8) is 0 Å². The van der Waals surface area contributed by atoms with Gasteiger partial charge in [0.2, 0.25) is 10.0 Å². The number of benzene rings is 2. The fraction of sp³-hybridized carbons (Fsp3) is 0.143. The molecule has 0 saturated carbocycles. The summed E-state index contributed by atoms with van der Waals surface area (Å²) in [5.74, 6) is 0. The van der Waals surface area contributed by atoms with E-state index in [1.165, 1.54) is 4.31 Å². The monoisotopic (exact) mass is 415 g/mol. The smallest absolute Gasteiger partial charge is 0.207 e. The van der Waals surface area contributed by atoms with Crippen LogP contribution in [0.2, 0.25) is 0 Å². The summed E-state index contributed by atoms with van der Waals surface area (Å²) in [7, 11) is -3.39. The first-order valence-corrected chi connectivity index (χ1v) is 9.04. The molecule has 1 aliphatic rings. The summed E-state index contributed by atoms with van der Waals surface area (Å²) in [4.78, 5) is 0.334. The molecule has 0 aromatic heterocycles. The van der Waals surface area contributed by atoms with Gasteiger partial charge in [-0.15, -0.1) is 0 Å². The number of rotatable bonds is 3. The minimum Gasteiger partial charge on any atom is -0.207 e. The molecular weight excluding hydrogens is 406 g/mol. The molecule has 0 aliphatic carbocycles. The number of halogens is 2. The van der Waals surface area contributed by atoms with E-state index in [1.807, 2.05) is 24.3 Å². The molecule has 1 fully saturated rings. The van der Waals surface area contributed by atoms with Crippen molar-refractivity contribution in [1.82, 2.24) is 4.31 Å². The zero-order valence-electron chi connectivity index (χ0n) is 10.3. The van der Waals surface area contributed by atoms with Crippen LogP contribution in [0.15, 0.2) is 62.4 Å². The van der Waals surface area contributed by atoms with E-state index in [4.69, 9.17) is 0 Å². The lowest BCUT2D eigenvalue weighted by Gasteiger charge is -2.06. The highest BCUT2D eigenvalue weighted by Gasteiger charge is 2.45. The molecule has 0 bridgehead atoms. The van der Waals surface area contributed by atoms with E-state index in [2.05, 4.69) is 31.9 Å². The van der Waals surface area contributed by atoms with Crippen LogP contribution in [0.5, 0.6) is 0 Å². The van der Waals surface area contributed by atoms with Crippen molar-refractivity contribution in [2.75, 3.05) is 6.54 Å². The summed E-state index contributed by atoms with van der Waals surface area (Å²) in [6, 6.07) is 14.4. The van der Waals surface area contributed by atoms with Crippen LogP contribution in [-0.2, 0) is 10.0 Å². The Labute approximate surface area is 134 Å². The molecule has 3 rings (SSSR count). The summed E-state index contributed by atoms with van der Waals surface area (Å²) in [5, 5.41) is 0. The van der Waals surface area contributed by atoms with E-state index in [0.29, 0.717) is 11.4 Å². The molecule has 1 unspecified atom stereocenters. The van der Waals surface area contributed by atoms with E-state index in [0.717, 1.165) is 14.5 Å². The van der Waals surface area contributed by atoms with Gasteiger partial charge in [0.15, 0.2) is 0 Å². The van der Waals surface area contributed by atoms with Gasteiger partial charge in [-0.05, 0) is 42.0 Å². The summed E-state index contributed by atoms with van der Waals surface area (Å²) >= 11 is 6.68. The Morgan fingerprint density at radius 1 is 0.900 bits per heavy atom. The molecule has 3 nitrogen and oxygen atoms in total. The second-order valence-electron chi connectivity index (χ2n) is 4.60. The quantitative estimate of drug-likeness (QED) is 0.710. The number of hydrogen-bond donors (Lipinski definition) is 0. The van der Waals surface area contributed by atoms with Gasteiger partial charge >= 0.3 is 0 Å². The Hall–Kier alpha value is -0.690. The van der Waals surface area contributed by atoms with Crippen molar-refractivity contribution >= 4 is 41.9 Å². The van der Waals surface area contributed by atoms with Gasteiger partial charge < -0.3 is 0 Å². The summed E-state index contributed by atoms with van der Waals surface area (Å²) in [6.45, 7) is 0.542. The van der Waals surface area contributed by atoms with Crippen LogP contribution in [0.4, 0.5) is 0 Å². The van der Waals surface area contributed by atoms with Crippen LogP contribution in [0.25, 0.3) is 0 Å². The number of sulfonamides is 1. The molecule has 104 valence electrons. The van der Waals surface area contributed by atoms with Gasteiger partial charge in [-0.1, -0.05) is 44.0 Å². The van der Waals surface area contributed by atoms with E-state index < -0.39 is 10.0 Å². The van der Waals surface area contributed by atoms with E-state index in [1.54, 1.807) is 24.3 Å². The van der Waals surface area contributed by atoms with Crippen LogP contribution in [0.1, 0.15) is 11.6 Å². The van der Waals surface area contributed by atoms with Crippen LogP contribution in [0, 0.1) is 0 Å². The largest absolute Gasteiger partial charge is 0.243 e. The number of nitrogens with zero attached hydrogens (tertiary/aromatic N) is 1. The highest BCUT2D eigenvalue weighted by Crippen LogP contribution is 2.40. The predicted molar refractivity (Wildman–Crippen MR) is 84.9 cm³/mol. The molecule has 20 heavy (non-hydrogen) atoms. The summed E-state index contributed by atoms with van der Waals surface area (Å²) in [5.41, 5.74) is 1.02. The third kappa shape index (κ3) is 2.70. The second kappa shape index (κ2) is 5.26. The molecule has 6 heteroatoms. The average molecular weight is 417 g/mol. The van der Waals surface area contributed by atoms with Crippen molar-refractivity contribution in [3.05, 3.63) is 63.0 Å². The molecule has 0 spiro atoms. The SMILES string of the molecule is O=S(=O)(c1ccc(Br)cc1)N1C[C@@H]1c1ccc(Br)cc1. The molecule has 2 atom stereocenters. The van der Waals surface area contributed by atoms with Gasteiger partial charge in [-0.3, -0.25) is 0 Å². The van der Waals surface area contributed by atoms with Crippen LogP contribution < -0.4 is 0 Å². The van der Waals surface area contributed by atoms with Crippen molar-refractivity contribution in [2.24, 2.45) is 0 Å². The minimum absolute atomic E-state index is 0.0447. The first kappa shape index (κ1) is 14.3. The Morgan fingerprint density at radius 2 is 1.40 bits per heavy atom. The molecule has 2 aromatic rings. The lowest BCUT2D eigenvalue weighted by atomic mass is 10.2. The molecule has 1 heterocycles. The third-order valence-electron chi connectivity index (χ3n) is 3.24. The topological polar surface area (TPSA) is 37.1 Å². The first-order chi connectivity index (χ1) is 9.48. The zero-order valence-corrected chi connectivity index (χ0v) is 14.3. The van der Waals surface area contributed by atoms with Gasteiger partial charge in [-0.25, -0.2) is 8.42 Å².